The molecule has 1 aromatic heterocycles. The third kappa shape index (κ3) is 13.1. The van der Waals surface area contributed by atoms with Crippen LogP contribution in [0.25, 0.3) is 27.2 Å². The van der Waals surface area contributed by atoms with Gasteiger partial charge in [-0.1, -0.05) is 0 Å². The molecule has 0 aliphatic heterocycles. The van der Waals surface area contributed by atoms with Crippen molar-refractivity contribution in [3.05, 3.63) is 106 Å². The van der Waals surface area contributed by atoms with E-state index in [1.807, 2.05) is 0 Å². The minimum absolute atomic E-state index is 0.204. The molecule has 0 aliphatic rings. The molecule has 0 atom stereocenters. The van der Waals surface area contributed by atoms with Gasteiger partial charge in [-0.05, 0) is 85.3 Å². The summed E-state index contributed by atoms with van der Waals surface area (Å²) >= 11 is 0. The van der Waals surface area contributed by atoms with Crippen molar-refractivity contribution >= 4 is 155 Å². The van der Waals surface area contributed by atoms with Gasteiger partial charge in [0.15, 0.2) is 17.2 Å². The summed E-state index contributed by atoms with van der Waals surface area (Å²) < 4.78 is 247. The fraction of sp³-hybridized carbons (Fsp3) is 0.0233. The molecule has 0 saturated heterocycles. The fourth-order valence-corrected chi connectivity index (χ4v) is 12.6. The van der Waals surface area contributed by atoms with Gasteiger partial charge >= 0.3 is 5.97 Å². The van der Waals surface area contributed by atoms with E-state index in [4.69, 9.17) is 5.73 Å². The molecule has 472 valence electrons. The van der Waals surface area contributed by atoms with Gasteiger partial charge in [-0.2, -0.15) is 73.8 Å². The molecule has 0 spiro atoms. The summed E-state index contributed by atoms with van der Waals surface area (Å²) in [7, 11) is -38.5. The summed E-state index contributed by atoms with van der Waals surface area (Å²) in [5, 5.41) is 83.2. The minimum Gasteiger partial charge on any atom is -0.505 e. The number of phenols is 2. The number of benzene rings is 7. The summed E-state index contributed by atoms with van der Waals surface area (Å²) in [5.41, 5.74) is -5.37. The Hall–Kier alpha value is -9.89. The number of aromatic nitrogens is 2. The summed E-state index contributed by atoms with van der Waals surface area (Å²) in [4.78, 5) is 13.2. The molecule has 0 saturated carbocycles. The van der Waals surface area contributed by atoms with Crippen molar-refractivity contribution in [1.82, 2.24) is 9.78 Å². The van der Waals surface area contributed by atoms with E-state index in [2.05, 4.69) is 46.0 Å². The van der Waals surface area contributed by atoms with Gasteiger partial charge in [0.1, 0.15) is 63.5 Å². The quantitative estimate of drug-likeness (QED) is 0.0133. The Kier molecular flexibility index (Phi) is 16.8. The number of rotatable bonds is 18. The summed E-state index contributed by atoms with van der Waals surface area (Å²) in [6, 6.07) is 8.60. The van der Waals surface area contributed by atoms with E-state index in [-0.39, 0.29) is 29.4 Å². The molecular formula is C43H30N12O28S7. The second-order valence-electron chi connectivity index (χ2n) is 17.8. The lowest BCUT2D eigenvalue weighted by Crippen LogP contribution is -2.04. The number of nitro benzene ring substituents is 1. The van der Waals surface area contributed by atoms with Crippen LogP contribution in [0.3, 0.4) is 0 Å². The average molecular weight is 1390 g/mol. The highest BCUT2D eigenvalue weighted by molar-refractivity contribution is 7.87. The van der Waals surface area contributed by atoms with Crippen LogP contribution in [0.15, 0.2) is 160 Å². The molecule has 0 fully saturated rings. The zero-order chi connectivity index (χ0) is 67.1. The second-order valence-corrected chi connectivity index (χ2v) is 27.5. The summed E-state index contributed by atoms with van der Waals surface area (Å²) in [5.74, 6) is -5.91. The fourth-order valence-electron chi connectivity index (χ4n) is 8.08. The van der Waals surface area contributed by atoms with Gasteiger partial charge in [-0.3, -0.25) is 42.0 Å². The summed E-state index contributed by atoms with van der Waals surface area (Å²) in [6.45, 7) is 1.15. The van der Waals surface area contributed by atoms with Crippen LogP contribution >= 0.6 is 0 Å². The van der Waals surface area contributed by atoms with Crippen LogP contribution in [-0.4, -0.2) is 132 Å². The standard InChI is InChI=1S/C43H30N12O28S7/c1-16-10-26(48-52-37-38(43(59)60)53-54(42(37)58)17-2-5-19(6-3-17)84(63,64)65)30(87(72,73)74)14-25(16)47-50-35-31(88(75,76)77)12-21-20(39(35)56)7-9-24(41(21)90(81,82)83)46-49-27-15-28(85(66,67)68)22-13-32(89(78,79)80)36(40(57)33(22)34(27)44)51-45-23-8-4-18(55(61)62)11-29(23)86(69,70)71/h2-15,56-58H,44H2,1H3,(H,59,60)(H,63,64,65)(H,66,67,68)(H,69,70,71)(H,72,73,74)(H,75,76,77)(H,78,79,80)(H,81,82,83). The SMILES string of the molecule is Cc1cc(N=Nc2c(C(=O)O)nn(-c3ccc(S(=O)(=O)O)cc3)c2O)c(S(=O)(=O)O)cc1N=Nc1c(S(=O)(=O)O)cc2c(S(=O)(=O)O)c(N=Nc3cc(S(=O)(=O)O)c4cc(S(=O)(=O)O)c(N=Nc5ccc([N+](=O)[O-])cc5S(=O)(=O)O)c(O)c4c3N)ccc2c1O. The number of fused-ring (bicyclic) bond motifs is 2. The number of aromatic carboxylic acids is 1. The van der Waals surface area contributed by atoms with E-state index in [1.54, 1.807) is 0 Å². The molecule has 0 amide bonds. The number of carboxylic acid groups (broad SMARTS) is 1. The molecule has 40 nitrogen and oxygen atoms in total. The van der Waals surface area contributed by atoms with Crippen molar-refractivity contribution in [2.24, 2.45) is 40.9 Å². The highest BCUT2D eigenvalue weighted by atomic mass is 32.2. The Balaban J connectivity index is 1.24. The molecule has 7 aromatic carbocycles. The third-order valence-electron chi connectivity index (χ3n) is 12.0. The number of carbonyl (C=O) groups is 1. The van der Waals surface area contributed by atoms with Crippen LogP contribution in [0.5, 0.6) is 17.4 Å². The van der Waals surface area contributed by atoms with Gasteiger partial charge in [-0.15, -0.1) is 35.8 Å². The first-order chi connectivity index (χ1) is 41.3. The number of carboxylic acids is 1. The molecule has 0 unspecified atom stereocenters. The number of nitro groups is 1. The zero-order valence-corrected chi connectivity index (χ0v) is 49.0. The predicted molar refractivity (Wildman–Crippen MR) is 298 cm³/mol. The topological polar surface area (TPSA) is 664 Å². The molecule has 1 heterocycles. The number of aryl methyl sites for hydroxylation is 1. The van der Waals surface area contributed by atoms with Crippen LogP contribution in [0, 0.1) is 17.0 Å². The smallest absolute Gasteiger partial charge is 0.358 e. The van der Waals surface area contributed by atoms with Crippen LogP contribution in [0.4, 0.5) is 56.9 Å². The average Bonchev–Trinajstić information content (AvgIpc) is 1.07. The Morgan fingerprint density at radius 2 is 0.956 bits per heavy atom. The lowest BCUT2D eigenvalue weighted by Gasteiger charge is -2.15. The van der Waals surface area contributed by atoms with E-state index in [0.717, 1.165) is 43.3 Å². The first-order valence-electron chi connectivity index (χ1n) is 22.8. The maximum absolute atomic E-state index is 13.2. The lowest BCUT2D eigenvalue weighted by atomic mass is 10.0. The molecule has 8 rings (SSSR count). The second kappa shape index (κ2) is 22.9. The van der Waals surface area contributed by atoms with Crippen molar-refractivity contribution in [2.45, 2.75) is 41.2 Å². The summed E-state index contributed by atoms with van der Waals surface area (Å²) in [6.07, 6.45) is 0. The van der Waals surface area contributed by atoms with E-state index >= 15 is 0 Å². The Morgan fingerprint density at radius 1 is 0.489 bits per heavy atom. The monoisotopic (exact) mass is 1390 g/mol. The largest absolute Gasteiger partial charge is 0.505 e. The van der Waals surface area contributed by atoms with Crippen LogP contribution in [0.2, 0.25) is 0 Å². The maximum atomic E-state index is 13.2. The highest BCUT2D eigenvalue weighted by Gasteiger charge is 2.32. The van der Waals surface area contributed by atoms with Crippen molar-refractivity contribution < 1.29 is 121 Å². The number of phenolic OH excluding ortho intramolecular Hbond substituents is 2. The molecular weight excluding hydrogens is 1360 g/mol. The van der Waals surface area contributed by atoms with Gasteiger partial charge < -0.3 is 26.2 Å². The molecule has 13 N–H and O–H groups in total. The Labute approximate surface area is 500 Å². The number of nitrogens with zero attached hydrogens (tertiary/aromatic N) is 11. The van der Waals surface area contributed by atoms with Gasteiger partial charge in [0.05, 0.1) is 32.3 Å². The van der Waals surface area contributed by atoms with Gasteiger partial charge in [0.2, 0.25) is 11.6 Å². The number of hydrogen-bond donors (Lipinski definition) is 12. The Bertz CT molecular complexity index is 5510. The van der Waals surface area contributed by atoms with Crippen LogP contribution < -0.4 is 5.73 Å². The number of nitrogen functional groups attached to an aromatic ring is 1. The Morgan fingerprint density at radius 3 is 1.48 bits per heavy atom. The van der Waals surface area contributed by atoms with Crippen molar-refractivity contribution in [2.75, 3.05) is 5.73 Å². The van der Waals surface area contributed by atoms with Crippen LogP contribution in [0.1, 0.15) is 16.1 Å². The number of non-ortho nitro benzene ring substituents is 1. The molecule has 47 heteroatoms. The molecule has 0 bridgehead atoms. The minimum atomic E-state index is -5.81. The highest BCUT2D eigenvalue weighted by Crippen LogP contribution is 2.50. The van der Waals surface area contributed by atoms with Gasteiger partial charge in [-0.25, -0.2) is 4.79 Å². The van der Waals surface area contributed by atoms with Crippen molar-refractivity contribution in [1.29, 1.82) is 0 Å². The third-order valence-corrected chi connectivity index (χ3v) is 18.2. The molecule has 0 aliphatic carbocycles. The number of azo groups is 4. The predicted octanol–water partition coefficient (Wildman–Crippen LogP) is 7.18. The molecule has 90 heavy (non-hydrogen) atoms. The van der Waals surface area contributed by atoms with Gasteiger partial charge in [0, 0.05) is 28.3 Å². The number of nitrogens with two attached hydrogens (primary N) is 1. The van der Waals surface area contributed by atoms with E-state index in [1.165, 1.54) is 0 Å². The van der Waals surface area contributed by atoms with E-state index in [0.29, 0.717) is 35.0 Å². The first-order valence-corrected chi connectivity index (χ1v) is 32.9. The normalized spacial score (nSPS) is 13.2. The van der Waals surface area contributed by atoms with Crippen molar-refractivity contribution in [3.63, 3.8) is 0 Å². The number of aromatic hydroxyl groups is 3. The zero-order valence-electron chi connectivity index (χ0n) is 43.3. The maximum Gasteiger partial charge on any atom is 0.358 e. The number of hydrogen-bond acceptors (Lipinski definition) is 30. The van der Waals surface area contributed by atoms with Gasteiger partial charge in [0.25, 0.3) is 76.5 Å². The van der Waals surface area contributed by atoms with E-state index < -0.39 is 217 Å². The lowest BCUT2D eigenvalue weighted by molar-refractivity contribution is -0.385. The van der Waals surface area contributed by atoms with Crippen molar-refractivity contribution in [3.8, 4) is 23.1 Å². The van der Waals surface area contributed by atoms with E-state index in [9.17, 15) is 126 Å². The van der Waals surface area contributed by atoms with Crippen LogP contribution in [-0.2, 0) is 70.8 Å². The molecule has 8 aromatic rings. The number of anilines is 1. The first kappa shape index (κ1) is 66.1. The molecule has 0 radical (unpaired) electrons.